The van der Waals surface area contributed by atoms with Gasteiger partial charge in [-0.1, -0.05) is 0 Å². The molecule has 133 valence electrons. The Morgan fingerprint density at radius 2 is 2.15 bits per heavy atom. The normalized spacial score (nSPS) is 12.0. The van der Waals surface area contributed by atoms with E-state index in [1.165, 1.54) is 24.4 Å². The lowest BCUT2D eigenvalue weighted by Crippen LogP contribution is -2.19. The molecule has 0 saturated heterocycles. The van der Waals surface area contributed by atoms with Gasteiger partial charge in [-0.15, -0.1) is 0 Å². The summed E-state index contributed by atoms with van der Waals surface area (Å²) in [6, 6.07) is 7.51. The Hall–Kier alpha value is -3.29. The second kappa shape index (κ2) is 6.91. The van der Waals surface area contributed by atoms with Crippen LogP contribution in [0.3, 0.4) is 0 Å². The zero-order valence-electron chi connectivity index (χ0n) is 13.3. The van der Waals surface area contributed by atoms with Crippen molar-refractivity contribution in [3.05, 3.63) is 65.8 Å². The fourth-order valence-corrected chi connectivity index (χ4v) is 2.36. The Morgan fingerprint density at radius 1 is 1.35 bits per heavy atom. The molecule has 2 heterocycles. The molecule has 0 fully saturated rings. The van der Waals surface area contributed by atoms with Crippen molar-refractivity contribution in [1.82, 2.24) is 10.3 Å². The molecule has 0 bridgehead atoms. The summed E-state index contributed by atoms with van der Waals surface area (Å²) in [5.41, 5.74) is 6.97. The molecular formula is C18H13F3N3O2. The molecule has 1 radical (unpaired) electrons. The molecule has 0 unspecified atom stereocenters. The molecule has 1 aromatic rings. The lowest BCUT2D eigenvalue weighted by Gasteiger charge is -2.08. The molecule has 0 spiro atoms. The number of nitrogens with two attached hydrogens (primary N) is 1. The van der Waals surface area contributed by atoms with Crippen molar-refractivity contribution in [3.8, 4) is 11.1 Å². The Balaban J connectivity index is 1.67. The van der Waals surface area contributed by atoms with Crippen molar-refractivity contribution in [3.63, 3.8) is 0 Å². The number of carbonyl (C=O) groups excluding carboxylic acids is 1. The first kappa shape index (κ1) is 17.5. The van der Waals surface area contributed by atoms with E-state index in [9.17, 15) is 18.0 Å². The SMILES string of the molecule is Nc1ccc(/C=C/C(=O)NCc2cc3c[c]oc(C(F)(F)F)c-3c2)cn1. The van der Waals surface area contributed by atoms with Gasteiger partial charge in [0.25, 0.3) is 0 Å². The first-order valence-corrected chi connectivity index (χ1v) is 7.50. The van der Waals surface area contributed by atoms with Gasteiger partial charge in [0.1, 0.15) is 5.82 Å². The van der Waals surface area contributed by atoms with Crippen molar-refractivity contribution < 1.29 is 22.4 Å². The van der Waals surface area contributed by atoms with Gasteiger partial charge in [0.15, 0.2) is 6.26 Å². The van der Waals surface area contributed by atoms with Gasteiger partial charge in [0.05, 0.1) is 0 Å². The van der Waals surface area contributed by atoms with Gasteiger partial charge in [-0.3, -0.25) is 4.79 Å². The zero-order chi connectivity index (χ0) is 18.7. The summed E-state index contributed by atoms with van der Waals surface area (Å²) in [5.74, 6) is -1.13. The Morgan fingerprint density at radius 3 is 2.85 bits per heavy atom. The molecule has 8 heteroatoms. The zero-order valence-corrected chi connectivity index (χ0v) is 13.3. The molecule has 0 saturated carbocycles. The molecule has 2 aliphatic rings. The van der Waals surface area contributed by atoms with E-state index in [0.717, 1.165) is 0 Å². The number of rotatable bonds is 4. The quantitative estimate of drug-likeness (QED) is 0.698. The summed E-state index contributed by atoms with van der Waals surface area (Å²) in [6.07, 6.45) is 1.89. The molecule has 1 amide bonds. The Kier molecular flexibility index (Phi) is 4.66. The number of carbonyl (C=O) groups is 1. The maximum absolute atomic E-state index is 12.9. The minimum absolute atomic E-state index is 0.0658. The van der Waals surface area contributed by atoms with Crippen molar-refractivity contribution in [2.24, 2.45) is 0 Å². The number of nitrogen functional groups attached to an aromatic ring is 1. The first-order valence-electron chi connectivity index (χ1n) is 7.50. The van der Waals surface area contributed by atoms with Crippen molar-refractivity contribution >= 4 is 17.8 Å². The number of amides is 1. The summed E-state index contributed by atoms with van der Waals surface area (Å²) in [7, 11) is 0. The highest BCUT2D eigenvalue weighted by molar-refractivity contribution is 5.91. The fourth-order valence-electron chi connectivity index (χ4n) is 2.36. The smallest absolute Gasteiger partial charge is 0.448 e. The number of nitrogens with zero attached hydrogens (tertiary/aromatic N) is 1. The molecule has 0 aromatic carbocycles. The fraction of sp³-hybridized carbons (Fsp3) is 0.111. The van der Waals surface area contributed by atoms with Crippen LogP contribution in [-0.4, -0.2) is 10.9 Å². The van der Waals surface area contributed by atoms with Crippen molar-refractivity contribution in [2.75, 3.05) is 5.73 Å². The number of aromatic nitrogens is 1. The third-order valence-electron chi connectivity index (χ3n) is 3.56. The number of pyridine rings is 1. The van der Waals surface area contributed by atoms with Crippen LogP contribution in [0.15, 0.2) is 47.0 Å². The van der Waals surface area contributed by atoms with Crippen LogP contribution in [0.4, 0.5) is 19.0 Å². The van der Waals surface area contributed by atoms with E-state index in [4.69, 9.17) is 5.73 Å². The van der Waals surface area contributed by atoms with Crippen molar-refractivity contribution in [2.45, 2.75) is 12.7 Å². The highest BCUT2D eigenvalue weighted by atomic mass is 19.4. The lowest BCUT2D eigenvalue weighted by molar-refractivity contribution is -0.153. The Labute approximate surface area is 146 Å². The monoisotopic (exact) mass is 360 g/mol. The molecule has 1 aliphatic carbocycles. The molecule has 3 rings (SSSR count). The molecule has 3 N–H and O–H groups in total. The predicted octanol–water partition coefficient (Wildman–Crippen LogP) is 3.51. The van der Waals surface area contributed by atoms with Gasteiger partial charge in [-0.2, -0.15) is 13.2 Å². The van der Waals surface area contributed by atoms with E-state index in [1.807, 2.05) is 0 Å². The lowest BCUT2D eigenvalue weighted by atomic mass is 10.1. The van der Waals surface area contributed by atoms with E-state index in [0.29, 0.717) is 22.5 Å². The minimum Gasteiger partial charge on any atom is -0.448 e. The molecular weight excluding hydrogens is 347 g/mol. The van der Waals surface area contributed by atoms with Gasteiger partial charge in [0.2, 0.25) is 11.7 Å². The number of halogens is 3. The van der Waals surface area contributed by atoms with Crippen LogP contribution < -0.4 is 11.1 Å². The maximum atomic E-state index is 12.9. The van der Waals surface area contributed by atoms with Gasteiger partial charge in [-0.05, 0) is 53.1 Å². The molecule has 1 aromatic heterocycles. The van der Waals surface area contributed by atoms with Gasteiger partial charge in [-0.25, -0.2) is 4.98 Å². The van der Waals surface area contributed by atoms with E-state index in [1.54, 1.807) is 24.3 Å². The van der Waals surface area contributed by atoms with Crippen LogP contribution in [0.25, 0.3) is 17.2 Å². The third-order valence-corrected chi connectivity index (χ3v) is 3.56. The van der Waals surface area contributed by atoms with Gasteiger partial charge < -0.3 is 15.5 Å². The number of alkyl halides is 3. The van der Waals surface area contributed by atoms with Crippen LogP contribution in [0.5, 0.6) is 0 Å². The Bertz CT molecular complexity index is 914. The first-order chi connectivity index (χ1) is 12.3. The van der Waals surface area contributed by atoms with Gasteiger partial charge >= 0.3 is 6.18 Å². The van der Waals surface area contributed by atoms with E-state index < -0.39 is 11.9 Å². The summed E-state index contributed by atoms with van der Waals surface area (Å²) in [4.78, 5) is 15.7. The summed E-state index contributed by atoms with van der Waals surface area (Å²) in [6.45, 7) is 0.0785. The predicted molar refractivity (Wildman–Crippen MR) is 88.7 cm³/mol. The van der Waals surface area contributed by atoms with Crippen LogP contribution >= 0.6 is 0 Å². The number of fused-ring (bicyclic) bond motifs is 1. The second-order valence-corrected chi connectivity index (χ2v) is 5.49. The minimum atomic E-state index is -4.61. The van der Waals surface area contributed by atoms with Gasteiger partial charge in [0, 0.05) is 24.4 Å². The van der Waals surface area contributed by atoms with Crippen molar-refractivity contribution in [1.29, 1.82) is 0 Å². The number of anilines is 1. The largest absolute Gasteiger partial charge is 0.450 e. The number of hydrogen-bond donors (Lipinski definition) is 2. The standard InChI is InChI=1S/C18H13F3N3O2/c19-18(20,21)17-14-8-12(7-13(14)5-6-26-17)10-24-16(25)4-2-11-1-3-15(22)23-9-11/h1-5,7-9H,10H2,(H2,22,23)(H,24,25)/b4-2+. The topological polar surface area (TPSA) is 81.2 Å². The maximum Gasteiger partial charge on any atom is 0.450 e. The van der Waals surface area contributed by atoms with E-state index >= 15 is 0 Å². The number of nitrogens with one attached hydrogen (secondary N) is 1. The molecule has 26 heavy (non-hydrogen) atoms. The molecule has 5 nitrogen and oxygen atoms in total. The van der Waals surface area contributed by atoms with Crippen LogP contribution in [-0.2, 0) is 17.5 Å². The average molecular weight is 360 g/mol. The average Bonchev–Trinajstić information content (AvgIpc) is 3.01. The highest BCUT2D eigenvalue weighted by Crippen LogP contribution is 2.39. The number of hydrogen-bond acceptors (Lipinski definition) is 4. The van der Waals surface area contributed by atoms with Crippen LogP contribution in [0, 0.1) is 6.26 Å². The summed E-state index contributed by atoms with van der Waals surface area (Å²) in [5, 5.41) is 2.61. The van der Waals surface area contributed by atoms with Crippen LogP contribution in [0.2, 0.25) is 0 Å². The molecule has 0 atom stereocenters. The van der Waals surface area contributed by atoms with E-state index in [2.05, 4.69) is 21.0 Å². The third kappa shape index (κ3) is 4.02. The summed E-state index contributed by atoms with van der Waals surface area (Å²) >= 11 is 0. The molecule has 1 aliphatic heterocycles. The second-order valence-electron chi connectivity index (χ2n) is 5.49. The highest BCUT2D eigenvalue weighted by Gasteiger charge is 2.38. The summed E-state index contributed by atoms with van der Waals surface area (Å²) < 4.78 is 43.2. The van der Waals surface area contributed by atoms with Crippen LogP contribution in [0.1, 0.15) is 16.9 Å². The van der Waals surface area contributed by atoms with E-state index in [-0.39, 0.29) is 18.0 Å².